The van der Waals surface area contributed by atoms with Crippen molar-refractivity contribution in [2.24, 2.45) is 52.3 Å². The Balaban J connectivity index is 1.25. The molecule has 0 aliphatic heterocycles. The normalized spacial score (nSPS) is 60.4. The van der Waals surface area contributed by atoms with Gasteiger partial charge >= 0.3 is 0 Å². The molecule has 8 aliphatic carbocycles. The fourth-order valence-corrected chi connectivity index (χ4v) is 10.2. The van der Waals surface area contributed by atoms with Gasteiger partial charge in [0, 0.05) is 0 Å². The maximum atomic E-state index is 2.71. The van der Waals surface area contributed by atoms with Gasteiger partial charge in [0.1, 0.15) is 0 Å². The van der Waals surface area contributed by atoms with Crippen LogP contribution in [-0.2, 0) is 0 Å². The standard InChI is InChI=1S/C23H36/c1-15(23-12-19-5-20(13-23)7-21(6-19)14-23)8-22-9-16-2-17(10-22)4-18(3-16)11-22/h15-21H,2-14H2,1H3. The van der Waals surface area contributed by atoms with Crippen LogP contribution in [-0.4, -0.2) is 0 Å². The fourth-order valence-electron chi connectivity index (χ4n) is 10.2. The Bertz CT molecular complexity index is 430. The molecule has 8 rings (SSSR count). The third kappa shape index (κ3) is 2.08. The molecular formula is C23H36. The van der Waals surface area contributed by atoms with E-state index in [0.717, 1.165) is 52.3 Å². The van der Waals surface area contributed by atoms with E-state index in [2.05, 4.69) is 6.92 Å². The minimum absolute atomic E-state index is 0.804. The van der Waals surface area contributed by atoms with Crippen molar-refractivity contribution in [1.82, 2.24) is 0 Å². The molecule has 0 nitrogen and oxygen atoms in total. The van der Waals surface area contributed by atoms with E-state index in [4.69, 9.17) is 0 Å². The molecule has 1 unspecified atom stereocenters. The zero-order chi connectivity index (χ0) is 15.2. The first-order valence-electron chi connectivity index (χ1n) is 11.1. The van der Waals surface area contributed by atoms with Gasteiger partial charge in [-0.3, -0.25) is 0 Å². The molecule has 0 radical (unpaired) electrons. The third-order valence-corrected chi connectivity index (χ3v) is 10.0. The van der Waals surface area contributed by atoms with E-state index in [0.29, 0.717) is 0 Å². The van der Waals surface area contributed by atoms with Crippen LogP contribution in [0.1, 0.15) is 90.4 Å². The van der Waals surface area contributed by atoms with E-state index in [1.165, 1.54) is 0 Å². The summed E-state index contributed by atoms with van der Waals surface area (Å²) in [5.74, 6) is 7.88. The number of rotatable bonds is 3. The maximum absolute atomic E-state index is 2.71. The summed E-state index contributed by atoms with van der Waals surface area (Å²) in [6.45, 7) is 2.71. The predicted molar refractivity (Wildman–Crippen MR) is 95.0 cm³/mol. The van der Waals surface area contributed by atoms with Gasteiger partial charge in [0.05, 0.1) is 0 Å². The second-order valence-electron chi connectivity index (χ2n) is 11.8. The summed E-state index contributed by atoms with van der Waals surface area (Å²) in [6, 6.07) is 0. The molecule has 8 aliphatic rings. The number of hydrogen-bond donors (Lipinski definition) is 0. The summed E-state index contributed by atoms with van der Waals surface area (Å²) < 4.78 is 0. The lowest BCUT2D eigenvalue weighted by Gasteiger charge is -2.62. The average Bonchev–Trinajstić information content (AvgIpc) is 2.43. The molecule has 0 spiro atoms. The quantitative estimate of drug-likeness (QED) is 0.562. The molecule has 0 aromatic rings. The van der Waals surface area contributed by atoms with Crippen LogP contribution in [0, 0.1) is 52.3 Å². The van der Waals surface area contributed by atoms with Crippen molar-refractivity contribution in [3.8, 4) is 0 Å². The molecule has 0 saturated heterocycles. The third-order valence-electron chi connectivity index (χ3n) is 10.0. The lowest BCUT2D eigenvalue weighted by Crippen LogP contribution is -2.52. The van der Waals surface area contributed by atoms with Gasteiger partial charge < -0.3 is 0 Å². The molecule has 8 saturated carbocycles. The minimum atomic E-state index is 0.804. The Kier molecular flexibility index (Phi) is 2.83. The van der Waals surface area contributed by atoms with Crippen LogP contribution in [0.15, 0.2) is 0 Å². The van der Waals surface area contributed by atoms with Crippen LogP contribution < -0.4 is 0 Å². The van der Waals surface area contributed by atoms with E-state index in [1.54, 1.807) is 83.5 Å². The molecule has 8 fully saturated rings. The summed E-state index contributed by atoms with van der Waals surface area (Å²) in [4.78, 5) is 0. The zero-order valence-electron chi connectivity index (χ0n) is 15.2. The Hall–Kier alpha value is 0. The van der Waals surface area contributed by atoms with Gasteiger partial charge in [0.25, 0.3) is 0 Å². The highest BCUT2D eigenvalue weighted by atomic mass is 14.6. The summed E-state index contributed by atoms with van der Waals surface area (Å²) in [5.41, 5.74) is 1.62. The van der Waals surface area contributed by atoms with Crippen molar-refractivity contribution >= 4 is 0 Å². The van der Waals surface area contributed by atoms with Crippen molar-refractivity contribution in [2.75, 3.05) is 0 Å². The van der Waals surface area contributed by atoms with Crippen LogP contribution in [0.25, 0.3) is 0 Å². The van der Waals surface area contributed by atoms with Gasteiger partial charge in [-0.15, -0.1) is 0 Å². The molecule has 23 heavy (non-hydrogen) atoms. The second kappa shape index (κ2) is 4.59. The number of hydrogen-bond acceptors (Lipinski definition) is 0. The van der Waals surface area contributed by atoms with Crippen LogP contribution in [0.4, 0.5) is 0 Å². The molecule has 0 heteroatoms. The molecule has 0 aromatic heterocycles. The summed E-state index contributed by atoms with van der Waals surface area (Å²) >= 11 is 0. The molecule has 8 bridgehead atoms. The van der Waals surface area contributed by atoms with Crippen molar-refractivity contribution in [3.05, 3.63) is 0 Å². The van der Waals surface area contributed by atoms with Gasteiger partial charge in [-0.05, 0) is 136 Å². The van der Waals surface area contributed by atoms with Gasteiger partial charge in [-0.2, -0.15) is 0 Å². The van der Waals surface area contributed by atoms with E-state index in [1.807, 2.05) is 0 Å². The van der Waals surface area contributed by atoms with Crippen molar-refractivity contribution in [2.45, 2.75) is 90.4 Å². The van der Waals surface area contributed by atoms with Crippen LogP contribution in [0.2, 0.25) is 0 Å². The van der Waals surface area contributed by atoms with E-state index in [9.17, 15) is 0 Å². The topological polar surface area (TPSA) is 0 Å². The first-order chi connectivity index (χ1) is 11.1. The fraction of sp³-hybridized carbons (Fsp3) is 1.00. The van der Waals surface area contributed by atoms with Gasteiger partial charge in [0.2, 0.25) is 0 Å². The van der Waals surface area contributed by atoms with Gasteiger partial charge in [-0.25, -0.2) is 0 Å². The SMILES string of the molecule is CC(CC12CC3CC(CC(C3)C1)C2)C12CC3CC(CC(C3)C1)C2. The molecule has 1 atom stereocenters. The van der Waals surface area contributed by atoms with Crippen molar-refractivity contribution < 1.29 is 0 Å². The van der Waals surface area contributed by atoms with E-state index < -0.39 is 0 Å². The molecule has 0 N–H and O–H groups in total. The highest BCUT2D eigenvalue weighted by molar-refractivity contribution is 5.07. The summed E-state index contributed by atoms with van der Waals surface area (Å²) in [5, 5.41) is 0. The largest absolute Gasteiger partial charge is 0.0620 e. The second-order valence-corrected chi connectivity index (χ2v) is 11.8. The maximum Gasteiger partial charge on any atom is -0.0264 e. The highest BCUT2D eigenvalue weighted by Crippen LogP contribution is 2.67. The summed E-state index contributed by atoms with van der Waals surface area (Å²) in [7, 11) is 0. The van der Waals surface area contributed by atoms with E-state index in [-0.39, 0.29) is 0 Å². The molecule has 0 aromatic carbocycles. The van der Waals surface area contributed by atoms with Crippen molar-refractivity contribution in [3.63, 3.8) is 0 Å². The first kappa shape index (κ1) is 14.2. The Morgan fingerprint density at radius 2 is 0.957 bits per heavy atom. The lowest BCUT2D eigenvalue weighted by atomic mass is 9.43. The lowest BCUT2D eigenvalue weighted by molar-refractivity contribution is -0.117. The first-order valence-corrected chi connectivity index (χ1v) is 11.1. The predicted octanol–water partition coefficient (Wildman–Crippen LogP) is 6.45. The minimum Gasteiger partial charge on any atom is -0.0620 e. The van der Waals surface area contributed by atoms with Crippen molar-refractivity contribution in [1.29, 1.82) is 0 Å². The van der Waals surface area contributed by atoms with Crippen LogP contribution in [0.5, 0.6) is 0 Å². The van der Waals surface area contributed by atoms with E-state index >= 15 is 0 Å². The van der Waals surface area contributed by atoms with Crippen LogP contribution in [0.3, 0.4) is 0 Å². The smallest absolute Gasteiger partial charge is 0.0264 e. The average molecular weight is 313 g/mol. The Labute approximate surface area is 143 Å². The monoisotopic (exact) mass is 312 g/mol. The van der Waals surface area contributed by atoms with Gasteiger partial charge in [0.15, 0.2) is 0 Å². The van der Waals surface area contributed by atoms with Gasteiger partial charge in [-0.1, -0.05) is 6.92 Å². The summed E-state index contributed by atoms with van der Waals surface area (Å²) in [6.07, 6.45) is 21.1. The molecule has 0 amide bonds. The van der Waals surface area contributed by atoms with Crippen LogP contribution >= 0.6 is 0 Å². The Morgan fingerprint density at radius 1 is 0.609 bits per heavy atom. The molecule has 128 valence electrons. The highest BCUT2D eigenvalue weighted by Gasteiger charge is 2.56. The molecular weight excluding hydrogens is 276 g/mol. The Morgan fingerprint density at radius 3 is 1.35 bits per heavy atom. The molecule has 0 heterocycles. The zero-order valence-corrected chi connectivity index (χ0v) is 15.2.